The van der Waals surface area contributed by atoms with Crippen molar-refractivity contribution in [1.29, 1.82) is 0 Å². The summed E-state index contributed by atoms with van der Waals surface area (Å²) < 4.78 is 1.32. The van der Waals surface area contributed by atoms with Crippen LogP contribution in [0.1, 0.15) is 23.6 Å². The Kier molecular flexibility index (Phi) is 6.49. The molecule has 2 N–H and O–H groups in total. The fourth-order valence-electron chi connectivity index (χ4n) is 2.85. The minimum absolute atomic E-state index is 0.0158. The van der Waals surface area contributed by atoms with E-state index in [1.165, 1.54) is 0 Å². The van der Waals surface area contributed by atoms with E-state index in [9.17, 15) is 14.7 Å². The molecule has 0 atom stereocenters. The highest BCUT2D eigenvalue weighted by molar-refractivity contribution is 9.11. The van der Waals surface area contributed by atoms with Gasteiger partial charge in [-0.2, -0.15) is 5.10 Å². The number of ketones is 1. The molecule has 7 heteroatoms. The van der Waals surface area contributed by atoms with E-state index >= 15 is 0 Å². The predicted octanol–water partition coefficient (Wildman–Crippen LogP) is 5.03. The van der Waals surface area contributed by atoms with Gasteiger partial charge in [-0.05, 0) is 57.7 Å². The van der Waals surface area contributed by atoms with Crippen LogP contribution in [0.5, 0.6) is 5.75 Å². The quantitative estimate of drug-likeness (QED) is 0.283. The number of nitrogens with one attached hydrogen (secondary N) is 1. The second-order valence-corrected chi connectivity index (χ2v) is 8.26. The number of phenols is 1. The number of Topliss-reactive ketones (excluding diaryl/α,β-unsaturated/α-hetero) is 1. The molecule has 0 radical (unpaired) electrons. The number of hydrazone groups is 1. The number of hydrogen-bond acceptors (Lipinski definition) is 4. The van der Waals surface area contributed by atoms with Gasteiger partial charge in [-0.3, -0.25) is 9.59 Å². The Morgan fingerprint density at radius 2 is 1.76 bits per heavy atom. The van der Waals surface area contributed by atoms with Crippen LogP contribution in [0.25, 0.3) is 10.8 Å². The minimum Gasteiger partial charge on any atom is -0.506 e. The first-order valence-corrected chi connectivity index (χ1v) is 10.4. The van der Waals surface area contributed by atoms with Crippen molar-refractivity contribution in [3.63, 3.8) is 0 Å². The van der Waals surface area contributed by atoms with E-state index in [2.05, 4.69) is 42.4 Å². The van der Waals surface area contributed by atoms with Gasteiger partial charge in [0.25, 0.3) is 0 Å². The van der Waals surface area contributed by atoms with Crippen molar-refractivity contribution in [3.8, 4) is 5.75 Å². The van der Waals surface area contributed by atoms with Crippen LogP contribution >= 0.6 is 31.9 Å². The van der Waals surface area contributed by atoms with Crippen LogP contribution in [0.3, 0.4) is 0 Å². The van der Waals surface area contributed by atoms with Gasteiger partial charge >= 0.3 is 5.91 Å². The summed E-state index contributed by atoms with van der Waals surface area (Å²) in [5.74, 6) is -1.38. The van der Waals surface area contributed by atoms with Gasteiger partial charge < -0.3 is 5.11 Å². The molecule has 29 heavy (non-hydrogen) atoms. The minimum atomic E-state index is -0.803. The third kappa shape index (κ3) is 4.74. The van der Waals surface area contributed by atoms with Crippen molar-refractivity contribution in [2.75, 3.05) is 0 Å². The molecule has 3 aromatic rings. The highest BCUT2D eigenvalue weighted by atomic mass is 79.9. The summed E-state index contributed by atoms with van der Waals surface area (Å²) in [5, 5.41) is 16.4. The number of halogens is 2. The number of benzene rings is 3. The van der Waals surface area contributed by atoms with Gasteiger partial charge in [0.05, 0.1) is 10.2 Å². The number of carbonyl (C=O) groups is 2. The molecule has 0 aliphatic heterocycles. The highest BCUT2D eigenvalue weighted by Gasteiger charge is 2.16. The van der Waals surface area contributed by atoms with E-state index in [1.807, 2.05) is 49.4 Å². The van der Waals surface area contributed by atoms with Gasteiger partial charge in [-0.1, -0.05) is 58.4 Å². The number of rotatable bonds is 5. The molecule has 3 rings (SSSR count). The molecule has 0 saturated carbocycles. The van der Waals surface area contributed by atoms with Crippen molar-refractivity contribution in [2.24, 2.45) is 5.10 Å². The Bertz CT molecular complexity index is 1160. The van der Waals surface area contributed by atoms with E-state index in [0.29, 0.717) is 15.7 Å². The summed E-state index contributed by atoms with van der Waals surface area (Å²) in [6.45, 7) is 3.48. The Hall–Kier alpha value is -2.51. The number of amides is 1. The molecule has 0 spiro atoms. The fourth-order valence-corrected chi connectivity index (χ4v) is 3.97. The van der Waals surface area contributed by atoms with Crippen LogP contribution < -0.4 is 5.43 Å². The highest BCUT2D eigenvalue weighted by Crippen LogP contribution is 2.36. The van der Waals surface area contributed by atoms with Crippen LogP contribution in [0.15, 0.2) is 62.6 Å². The van der Waals surface area contributed by atoms with Crippen molar-refractivity contribution in [1.82, 2.24) is 5.43 Å². The van der Waals surface area contributed by atoms with Crippen LogP contribution in [-0.2, 0) is 16.0 Å². The number of fused-ring (bicyclic) bond motifs is 1. The van der Waals surface area contributed by atoms with Gasteiger partial charge in [0.2, 0.25) is 5.78 Å². The maximum atomic E-state index is 12.3. The summed E-state index contributed by atoms with van der Waals surface area (Å²) in [5.41, 5.74) is 4.69. The van der Waals surface area contributed by atoms with Crippen LogP contribution in [-0.4, -0.2) is 22.5 Å². The summed E-state index contributed by atoms with van der Waals surface area (Å²) in [7, 11) is 0. The molecule has 5 nitrogen and oxygen atoms in total. The van der Waals surface area contributed by atoms with Gasteiger partial charge in [0, 0.05) is 16.5 Å². The van der Waals surface area contributed by atoms with E-state index < -0.39 is 11.7 Å². The maximum absolute atomic E-state index is 12.3. The van der Waals surface area contributed by atoms with Crippen molar-refractivity contribution in [3.05, 3.63) is 74.2 Å². The summed E-state index contributed by atoms with van der Waals surface area (Å²) in [6, 6.07) is 15.2. The molecule has 0 bridgehead atoms. The summed E-state index contributed by atoms with van der Waals surface area (Å²) >= 11 is 6.75. The largest absolute Gasteiger partial charge is 0.506 e. The van der Waals surface area contributed by atoms with E-state index in [4.69, 9.17) is 0 Å². The van der Waals surface area contributed by atoms with Crippen LogP contribution in [0.2, 0.25) is 0 Å². The molecule has 0 heterocycles. The molecular weight excluding hydrogens is 500 g/mol. The zero-order valence-electron chi connectivity index (χ0n) is 15.8. The number of hydrogen-bond donors (Lipinski definition) is 2. The standard InChI is InChI=1S/C22H18Br2N2O3/c1-12-18(23)11-17(21(28)20(12)24)13(2)25-26-22(29)19(27)10-14-7-8-15-5-3-4-6-16(15)9-14/h3-9,11,28H,10H2,1-2H3,(H,26,29)/b25-13+. The first-order chi connectivity index (χ1) is 13.8. The van der Waals surface area contributed by atoms with Crippen molar-refractivity contribution < 1.29 is 14.7 Å². The van der Waals surface area contributed by atoms with E-state index in [0.717, 1.165) is 26.4 Å². The SMILES string of the molecule is C/C(=N\NC(=O)C(=O)Cc1ccc2ccccc2c1)c1cc(Br)c(C)c(Br)c1O. The van der Waals surface area contributed by atoms with Gasteiger partial charge in [0.15, 0.2) is 0 Å². The van der Waals surface area contributed by atoms with Gasteiger partial charge in [-0.25, -0.2) is 5.43 Å². The lowest BCUT2D eigenvalue weighted by Gasteiger charge is -2.10. The molecule has 1 amide bonds. The topological polar surface area (TPSA) is 78.8 Å². The lowest BCUT2D eigenvalue weighted by atomic mass is 10.0. The molecule has 0 aromatic heterocycles. The number of carbonyl (C=O) groups excluding carboxylic acids is 2. The first kappa shape index (κ1) is 21.2. The monoisotopic (exact) mass is 516 g/mol. The lowest BCUT2D eigenvalue weighted by Crippen LogP contribution is -2.29. The second-order valence-electron chi connectivity index (χ2n) is 6.61. The van der Waals surface area contributed by atoms with E-state index in [-0.39, 0.29) is 12.2 Å². The average Bonchev–Trinajstić information content (AvgIpc) is 2.72. The van der Waals surface area contributed by atoms with Crippen LogP contribution in [0, 0.1) is 6.92 Å². The molecule has 0 unspecified atom stereocenters. The van der Waals surface area contributed by atoms with Crippen molar-refractivity contribution in [2.45, 2.75) is 20.3 Å². The number of phenolic OH excluding ortho intramolecular Hbond substituents is 1. The van der Waals surface area contributed by atoms with E-state index in [1.54, 1.807) is 13.0 Å². The Labute approximate surface area is 185 Å². The second kappa shape index (κ2) is 8.88. The predicted molar refractivity (Wildman–Crippen MR) is 121 cm³/mol. The number of nitrogens with zero attached hydrogens (tertiary/aromatic N) is 1. The smallest absolute Gasteiger partial charge is 0.307 e. The molecular formula is C22H18Br2N2O3. The molecule has 3 aromatic carbocycles. The summed E-state index contributed by atoms with van der Waals surface area (Å²) in [4.78, 5) is 24.4. The van der Waals surface area contributed by atoms with Crippen molar-refractivity contribution >= 4 is 60.0 Å². The fraction of sp³-hybridized carbons (Fsp3) is 0.136. The van der Waals surface area contributed by atoms with Gasteiger partial charge in [-0.15, -0.1) is 0 Å². The zero-order chi connectivity index (χ0) is 21.1. The lowest BCUT2D eigenvalue weighted by molar-refractivity contribution is -0.137. The maximum Gasteiger partial charge on any atom is 0.307 e. The molecule has 0 saturated heterocycles. The zero-order valence-corrected chi connectivity index (χ0v) is 19.0. The molecule has 0 aliphatic rings. The normalized spacial score (nSPS) is 11.5. The molecule has 148 valence electrons. The molecule has 0 aliphatic carbocycles. The summed E-state index contributed by atoms with van der Waals surface area (Å²) in [6.07, 6.45) is -0.0158. The Morgan fingerprint density at radius 1 is 1.07 bits per heavy atom. The van der Waals surface area contributed by atoms with Crippen LogP contribution in [0.4, 0.5) is 0 Å². The number of aromatic hydroxyl groups is 1. The Morgan fingerprint density at radius 3 is 2.48 bits per heavy atom. The average molecular weight is 518 g/mol. The molecule has 0 fully saturated rings. The Balaban J connectivity index is 1.71. The first-order valence-electron chi connectivity index (χ1n) is 8.81. The van der Waals surface area contributed by atoms with Gasteiger partial charge in [0.1, 0.15) is 5.75 Å². The third-order valence-electron chi connectivity index (χ3n) is 4.57. The third-order valence-corrected chi connectivity index (χ3v) is 6.36.